The van der Waals surface area contributed by atoms with Gasteiger partial charge in [0.1, 0.15) is 12.9 Å². The van der Waals surface area contributed by atoms with Gasteiger partial charge in [-0.15, -0.1) is 34.2 Å². The Morgan fingerprint density at radius 2 is 1.97 bits per heavy atom. The highest BCUT2D eigenvalue weighted by Crippen LogP contribution is 2.26. The van der Waals surface area contributed by atoms with Crippen LogP contribution in [0.2, 0.25) is 0 Å². The molecule has 1 aromatic heterocycles. The molecular weight excluding hydrogens is 477 g/mol. The molecule has 1 saturated carbocycles. The Labute approximate surface area is 190 Å². The van der Waals surface area contributed by atoms with Crippen LogP contribution in [0.15, 0.2) is 41.7 Å². The third-order valence-electron chi connectivity index (χ3n) is 5.78. The first-order chi connectivity index (χ1) is 13.8. The average molecular weight is 509 g/mol. The zero-order valence-electron chi connectivity index (χ0n) is 17.1. The van der Waals surface area contributed by atoms with Crippen molar-refractivity contribution in [1.82, 2.24) is 30.3 Å². The van der Waals surface area contributed by atoms with Gasteiger partial charge >= 0.3 is 0 Å². The summed E-state index contributed by atoms with van der Waals surface area (Å²) >= 11 is 0. The van der Waals surface area contributed by atoms with Gasteiger partial charge in [-0.2, -0.15) is 0 Å². The second-order valence-electron chi connectivity index (χ2n) is 7.71. The van der Waals surface area contributed by atoms with E-state index in [0.29, 0.717) is 12.6 Å². The van der Waals surface area contributed by atoms with Gasteiger partial charge in [0.05, 0.1) is 0 Å². The van der Waals surface area contributed by atoms with Gasteiger partial charge in [-0.25, -0.2) is 4.99 Å². The molecule has 0 amide bonds. The number of likely N-dealkylation sites (tertiary alicyclic amines) is 1. The number of aromatic nitrogens is 3. The van der Waals surface area contributed by atoms with Crippen LogP contribution in [0.1, 0.15) is 44.9 Å². The molecule has 158 valence electrons. The molecule has 2 heterocycles. The van der Waals surface area contributed by atoms with Crippen molar-refractivity contribution >= 4 is 29.9 Å². The second-order valence-corrected chi connectivity index (χ2v) is 7.71. The Morgan fingerprint density at radius 3 is 2.72 bits per heavy atom. The fraction of sp³-hybridized carbons (Fsp3) is 0.571. The number of nitrogens with one attached hydrogen (secondary N) is 2. The summed E-state index contributed by atoms with van der Waals surface area (Å²) in [5.41, 5.74) is 1.05. The Kier molecular flexibility index (Phi) is 8.29. The predicted molar refractivity (Wildman–Crippen MR) is 127 cm³/mol. The molecule has 1 aromatic carbocycles. The molecule has 7 nitrogen and oxygen atoms in total. The molecule has 2 N–H and O–H groups in total. The number of nitrogens with zero attached hydrogens (tertiary/aromatic N) is 5. The quantitative estimate of drug-likeness (QED) is 0.356. The molecule has 1 unspecified atom stereocenters. The lowest BCUT2D eigenvalue weighted by Gasteiger charge is -2.24. The Bertz CT molecular complexity index is 770. The van der Waals surface area contributed by atoms with Gasteiger partial charge in [0.2, 0.25) is 0 Å². The van der Waals surface area contributed by atoms with Crippen LogP contribution in [-0.2, 0) is 6.54 Å². The molecule has 1 saturated heterocycles. The number of hydrogen-bond donors (Lipinski definition) is 2. The normalized spacial score (nSPS) is 20.6. The van der Waals surface area contributed by atoms with Crippen LogP contribution in [0.3, 0.4) is 0 Å². The number of rotatable bonds is 6. The van der Waals surface area contributed by atoms with Crippen LogP contribution in [0, 0.1) is 0 Å². The molecule has 0 radical (unpaired) electrons. The molecule has 4 rings (SSSR count). The average Bonchev–Trinajstić information content (AvgIpc) is 3.47. The first-order valence-electron chi connectivity index (χ1n) is 10.6. The van der Waals surface area contributed by atoms with Crippen molar-refractivity contribution in [2.24, 2.45) is 4.99 Å². The molecule has 2 aliphatic rings. The lowest BCUT2D eigenvalue weighted by Crippen LogP contribution is -2.45. The van der Waals surface area contributed by atoms with E-state index in [1.165, 1.54) is 38.6 Å². The minimum atomic E-state index is 0. The fourth-order valence-electron chi connectivity index (χ4n) is 4.34. The zero-order chi connectivity index (χ0) is 19.2. The minimum absolute atomic E-state index is 0. The van der Waals surface area contributed by atoms with Crippen LogP contribution in [0.25, 0.3) is 5.69 Å². The van der Waals surface area contributed by atoms with E-state index in [9.17, 15) is 0 Å². The summed E-state index contributed by atoms with van der Waals surface area (Å²) in [6.07, 6.45) is 8.46. The van der Waals surface area contributed by atoms with E-state index in [4.69, 9.17) is 4.99 Å². The van der Waals surface area contributed by atoms with E-state index in [1.807, 2.05) is 22.8 Å². The summed E-state index contributed by atoms with van der Waals surface area (Å²) in [5.74, 6) is 1.70. The molecule has 1 aliphatic carbocycles. The zero-order valence-corrected chi connectivity index (χ0v) is 19.5. The molecule has 2 fully saturated rings. The maximum absolute atomic E-state index is 4.78. The van der Waals surface area contributed by atoms with Gasteiger partial charge < -0.3 is 10.6 Å². The Hall–Kier alpha value is -1.68. The summed E-state index contributed by atoms with van der Waals surface area (Å²) in [6, 6.07) is 11.4. The van der Waals surface area contributed by atoms with Crippen molar-refractivity contribution in [2.75, 3.05) is 19.6 Å². The van der Waals surface area contributed by atoms with E-state index >= 15 is 0 Å². The molecule has 0 bridgehead atoms. The lowest BCUT2D eigenvalue weighted by atomic mass is 10.2. The number of aliphatic imine (C=N–C) groups is 1. The first kappa shape index (κ1) is 22.0. The smallest absolute Gasteiger partial charge is 0.191 e. The largest absolute Gasteiger partial charge is 0.357 e. The van der Waals surface area contributed by atoms with Gasteiger partial charge in [-0.3, -0.25) is 9.47 Å². The van der Waals surface area contributed by atoms with Crippen LogP contribution < -0.4 is 10.6 Å². The highest BCUT2D eigenvalue weighted by molar-refractivity contribution is 14.0. The van der Waals surface area contributed by atoms with Gasteiger partial charge in [0.15, 0.2) is 11.8 Å². The van der Waals surface area contributed by atoms with Gasteiger partial charge in [0, 0.05) is 37.4 Å². The van der Waals surface area contributed by atoms with E-state index in [0.717, 1.165) is 36.6 Å². The van der Waals surface area contributed by atoms with E-state index in [2.05, 4.69) is 44.8 Å². The lowest BCUT2D eigenvalue weighted by molar-refractivity contribution is 0.242. The van der Waals surface area contributed by atoms with E-state index in [-0.39, 0.29) is 24.0 Å². The molecule has 0 spiro atoms. The molecular formula is C21H32IN7. The number of hydrogen-bond acceptors (Lipinski definition) is 4. The van der Waals surface area contributed by atoms with E-state index < -0.39 is 0 Å². The van der Waals surface area contributed by atoms with Gasteiger partial charge in [-0.05, 0) is 38.3 Å². The van der Waals surface area contributed by atoms with Crippen LogP contribution in [-0.4, -0.2) is 57.3 Å². The van der Waals surface area contributed by atoms with Crippen molar-refractivity contribution in [3.05, 3.63) is 42.5 Å². The number of halogens is 1. The summed E-state index contributed by atoms with van der Waals surface area (Å²) in [7, 11) is 0. The third kappa shape index (κ3) is 5.69. The van der Waals surface area contributed by atoms with Gasteiger partial charge in [0.25, 0.3) is 0 Å². The van der Waals surface area contributed by atoms with E-state index in [1.54, 1.807) is 6.33 Å². The first-order valence-corrected chi connectivity index (χ1v) is 10.6. The predicted octanol–water partition coefficient (Wildman–Crippen LogP) is 2.96. The maximum Gasteiger partial charge on any atom is 0.191 e. The number of guanidine groups is 1. The fourth-order valence-corrected chi connectivity index (χ4v) is 4.34. The van der Waals surface area contributed by atoms with Crippen molar-refractivity contribution in [2.45, 2.75) is 57.7 Å². The number of para-hydroxylation sites is 1. The summed E-state index contributed by atoms with van der Waals surface area (Å²) in [4.78, 5) is 7.45. The highest BCUT2D eigenvalue weighted by atomic mass is 127. The van der Waals surface area contributed by atoms with Crippen molar-refractivity contribution in [3.8, 4) is 5.69 Å². The Balaban J connectivity index is 0.00000240. The molecule has 1 aliphatic heterocycles. The standard InChI is InChI=1S/C21H31N7.HI/c1-2-22-21(25-17-12-13-27(15-17)18-8-6-7-9-18)23-14-20-26-24-16-28(20)19-10-4-3-5-11-19;/h3-5,10-11,16-18H,2,6-9,12-15H2,1H3,(H2,22,23,25);1H. The topological polar surface area (TPSA) is 70.4 Å². The van der Waals surface area contributed by atoms with Crippen LogP contribution >= 0.6 is 24.0 Å². The van der Waals surface area contributed by atoms with Crippen LogP contribution in [0.4, 0.5) is 0 Å². The molecule has 2 aromatic rings. The number of benzene rings is 1. The molecule has 29 heavy (non-hydrogen) atoms. The third-order valence-corrected chi connectivity index (χ3v) is 5.78. The summed E-state index contributed by atoms with van der Waals surface area (Å²) < 4.78 is 1.99. The van der Waals surface area contributed by atoms with Crippen LogP contribution in [0.5, 0.6) is 0 Å². The highest BCUT2D eigenvalue weighted by Gasteiger charge is 2.30. The van der Waals surface area contributed by atoms with Crippen molar-refractivity contribution in [3.63, 3.8) is 0 Å². The van der Waals surface area contributed by atoms with Crippen molar-refractivity contribution < 1.29 is 0 Å². The SMILES string of the molecule is CCNC(=NCc1nncn1-c1ccccc1)NC1CCN(C2CCCC2)C1.I. The monoisotopic (exact) mass is 509 g/mol. The maximum atomic E-state index is 4.78. The Morgan fingerprint density at radius 1 is 1.17 bits per heavy atom. The van der Waals surface area contributed by atoms with Gasteiger partial charge in [-0.1, -0.05) is 31.0 Å². The molecule has 8 heteroatoms. The molecule has 1 atom stereocenters. The summed E-state index contributed by atoms with van der Waals surface area (Å²) in [5, 5.41) is 15.3. The summed E-state index contributed by atoms with van der Waals surface area (Å²) in [6.45, 7) is 5.75. The van der Waals surface area contributed by atoms with Crippen molar-refractivity contribution in [1.29, 1.82) is 0 Å². The second kappa shape index (κ2) is 10.9. The minimum Gasteiger partial charge on any atom is -0.357 e.